The standard InChI is InChI=1S/C12H20O2/c1-4-7-8-11(5-2)9-10-12(13)14-6-3/h10H,4-8H2,1-3H3. The van der Waals surface area contributed by atoms with Crippen LogP contribution in [0.3, 0.4) is 0 Å². The van der Waals surface area contributed by atoms with E-state index in [0.29, 0.717) is 6.61 Å². The minimum Gasteiger partial charge on any atom is -0.462 e. The summed E-state index contributed by atoms with van der Waals surface area (Å²) in [5.41, 5.74) is 4.20. The summed E-state index contributed by atoms with van der Waals surface area (Å²) in [5, 5.41) is 0. The molecule has 2 nitrogen and oxygen atoms in total. The van der Waals surface area contributed by atoms with Gasteiger partial charge in [0, 0.05) is 0 Å². The Morgan fingerprint density at radius 2 is 2.07 bits per heavy atom. The summed E-state index contributed by atoms with van der Waals surface area (Å²) in [5.74, 6) is -0.296. The van der Waals surface area contributed by atoms with Crippen LogP contribution in [0.25, 0.3) is 0 Å². The minimum absolute atomic E-state index is 0.296. The smallest absolute Gasteiger partial charge is 0.338 e. The van der Waals surface area contributed by atoms with Crippen molar-refractivity contribution in [2.45, 2.75) is 46.5 Å². The Hall–Kier alpha value is -1.01. The fraction of sp³-hybridized carbons (Fsp3) is 0.667. The van der Waals surface area contributed by atoms with Crippen LogP contribution in [-0.4, -0.2) is 12.6 Å². The van der Waals surface area contributed by atoms with Crippen molar-refractivity contribution >= 4 is 5.97 Å². The molecule has 0 heterocycles. The molecule has 0 amide bonds. The van der Waals surface area contributed by atoms with Gasteiger partial charge in [0.2, 0.25) is 0 Å². The van der Waals surface area contributed by atoms with Crippen molar-refractivity contribution in [2.75, 3.05) is 6.61 Å². The number of carbonyl (C=O) groups excluding carboxylic acids is 1. The lowest BCUT2D eigenvalue weighted by Gasteiger charge is -1.98. The number of carbonyl (C=O) groups is 1. The van der Waals surface area contributed by atoms with Crippen molar-refractivity contribution < 1.29 is 9.53 Å². The highest BCUT2D eigenvalue weighted by atomic mass is 16.5. The van der Waals surface area contributed by atoms with Crippen molar-refractivity contribution in [1.82, 2.24) is 0 Å². The minimum atomic E-state index is -0.296. The van der Waals surface area contributed by atoms with Crippen LogP contribution >= 0.6 is 0 Å². The first-order chi connectivity index (χ1) is 6.74. The fourth-order valence-electron chi connectivity index (χ4n) is 1.09. The van der Waals surface area contributed by atoms with Gasteiger partial charge in [-0.1, -0.05) is 20.3 Å². The summed E-state index contributed by atoms with van der Waals surface area (Å²) in [6.45, 7) is 6.46. The zero-order valence-electron chi connectivity index (χ0n) is 9.43. The molecule has 0 aliphatic heterocycles. The lowest BCUT2D eigenvalue weighted by atomic mass is 10.1. The van der Waals surface area contributed by atoms with E-state index in [1.165, 1.54) is 18.1 Å². The monoisotopic (exact) mass is 196 g/mol. The van der Waals surface area contributed by atoms with E-state index in [0.717, 1.165) is 19.3 Å². The first-order valence-corrected chi connectivity index (χ1v) is 5.35. The first kappa shape index (κ1) is 13.0. The Balaban J connectivity index is 4.18. The van der Waals surface area contributed by atoms with Crippen molar-refractivity contribution in [3.63, 3.8) is 0 Å². The molecule has 0 saturated carbocycles. The maximum atomic E-state index is 11.0. The molecule has 0 aromatic carbocycles. The van der Waals surface area contributed by atoms with E-state index in [-0.39, 0.29) is 5.97 Å². The predicted octanol–water partition coefficient (Wildman–Crippen LogP) is 3.23. The number of rotatable bonds is 6. The van der Waals surface area contributed by atoms with E-state index >= 15 is 0 Å². The number of hydrogen-bond donors (Lipinski definition) is 0. The molecule has 14 heavy (non-hydrogen) atoms. The highest BCUT2D eigenvalue weighted by molar-refractivity contribution is 5.81. The van der Waals surface area contributed by atoms with Gasteiger partial charge in [-0.3, -0.25) is 0 Å². The molecule has 0 rings (SSSR count). The van der Waals surface area contributed by atoms with Gasteiger partial charge in [0.05, 0.1) is 12.7 Å². The second kappa shape index (κ2) is 8.58. The number of ether oxygens (including phenoxy) is 1. The molecule has 0 atom stereocenters. The summed E-state index contributed by atoms with van der Waals surface area (Å²) in [6, 6.07) is 0. The van der Waals surface area contributed by atoms with E-state index in [2.05, 4.69) is 19.6 Å². The molecular weight excluding hydrogens is 176 g/mol. The van der Waals surface area contributed by atoms with E-state index in [9.17, 15) is 4.79 Å². The summed E-state index contributed by atoms with van der Waals surface area (Å²) < 4.78 is 4.77. The Bertz CT molecular complexity index is 222. The first-order valence-electron chi connectivity index (χ1n) is 5.35. The SMILES string of the molecule is CCCCC(=C=CC(=O)OCC)CC. The quantitative estimate of drug-likeness (QED) is 0.370. The summed E-state index contributed by atoms with van der Waals surface area (Å²) in [7, 11) is 0. The third kappa shape index (κ3) is 6.50. The van der Waals surface area contributed by atoms with Crippen LogP contribution < -0.4 is 0 Å². The Morgan fingerprint density at radius 3 is 2.57 bits per heavy atom. The van der Waals surface area contributed by atoms with Gasteiger partial charge in [-0.05, 0) is 31.8 Å². The highest BCUT2D eigenvalue weighted by Crippen LogP contribution is 2.08. The zero-order chi connectivity index (χ0) is 10.8. The van der Waals surface area contributed by atoms with E-state index in [1.807, 2.05) is 0 Å². The number of unbranched alkanes of at least 4 members (excludes halogenated alkanes) is 1. The highest BCUT2D eigenvalue weighted by Gasteiger charge is 1.94. The molecule has 0 bridgehead atoms. The molecule has 0 N–H and O–H groups in total. The lowest BCUT2D eigenvalue weighted by Crippen LogP contribution is -1.98. The van der Waals surface area contributed by atoms with Gasteiger partial charge in [-0.2, -0.15) is 0 Å². The molecule has 0 aromatic rings. The fourth-order valence-corrected chi connectivity index (χ4v) is 1.09. The van der Waals surface area contributed by atoms with Crippen LogP contribution in [0.1, 0.15) is 46.5 Å². The van der Waals surface area contributed by atoms with Gasteiger partial charge in [0.15, 0.2) is 0 Å². The average Bonchev–Trinajstić information content (AvgIpc) is 2.19. The average molecular weight is 196 g/mol. The van der Waals surface area contributed by atoms with Gasteiger partial charge >= 0.3 is 5.97 Å². The number of esters is 1. The van der Waals surface area contributed by atoms with Gasteiger partial charge in [0.25, 0.3) is 0 Å². The molecule has 0 aliphatic carbocycles. The molecule has 80 valence electrons. The molecule has 0 radical (unpaired) electrons. The largest absolute Gasteiger partial charge is 0.462 e. The third-order valence-electron chi connectivity index (χ3n) is 1.94. The van der Waals surface area contributed by atoms with Crippen LogP contribution in [-0.2, 0) is 9.53 Å². The van der Waals surface area contributed by atoms with E-state index < -0.39 is 0 Å². The van der Waals surface area contributed by atoms with Gasteiger partial charge < -0.3 is 4.74 Å². The Kier molecular flexibility index (Phi) is 7.96. The van der Waals surface area contributed by atoms with Crippen molar-refractivity contribution in [3.8, 4) is 0 Å². The molecule has 0 aliphatic rings. The van der Waals surface area contributed by atoms with Crippen LogP contribution in [0, 0.1) is 0 Å². The van der Waals surface area contributed by atoms with Crippen LogP contribution in [0.2, 0.25) is 0 Å². The topological polar surface area (TPSA) is 26.3 Å². The second-order valence-electron chi connectivity index (χ2n) is 3.10. The maximum Gasteiger partial charge on any atom is 0.338 e. The summed E-state index contributed by atoms with van der Waals surface area (Å²) >= 11 is 0. The van der Waals surface area contributed by atoms with Crippen LogP contribution in [0.15, 0.2) is 17.4 Å². The molecule has 0 fully saturated rings. The zero-order valence-corrected chi connectivity index (χ0v) is 9.43. The maximum absolute atomic E-state index is 11.0. The van der Waals surface area contributed by atoms with Crippen molar-refractivity contribution in [2.24, 2.45) is 0 Å². The van der Waals surface area contributed by atoms with Gasteiger partial charge in [-0.15, -0.1) is 5.73 Å². The van der Waals surface area contributed by atoms with Crippen LogP contribution in [0.5, 0.6) is 0 Å². The molecule has 2 heteroatoms. The van der Waals surface area contributed by atoms with E-state index in [4.69, 9.17) is 4.74 Å². The van der Waals surface area contributed by atoms with Gasteiger partial charge in [0.1, 0.15) is 0 Å². The Labute approximate surface area is 86.6 Å². The third-order valence-corrected chi connectivity index (χ3v) is 1.94. The summed E-state index contributed by atoms with van der Waals surface area (Å²) in [4.78, 5) is 11.0. The van der Waals surface area contributed by atoms with Crippen molar-refractivity contribution in [1.29, 1.82) is 0 Å². The number of hydrogen-bond acceptors (Lipinski definition) is 2. The molecular formula is C12H20O2. The van der Waals surface area contributed by atoms with Gasteiger partial charge in [-0.25, -0.2) is 4.79 Å². The normalized spacial score (nSPS) is 9.07. The predicted molar refractivity (Wildman–Crippen MR) is 58.0 cm³/mol. The van der Waals surface area contributed by atoms with Crippen molar-refractivity contribution in [3.05, 3.63) is 17.4 Å². The lowest BCUT2D eigenvalue weighted by molar-refractivity contribution is -0.137. The molecule has 0 aromatic heterocycles. The Morgan fingerprint density at radius 1 is 1.36 bits per heavy atom. The van der Waals surface area contributed by atoms with Crippen LogP contribution in [0.4, 0.5) is 0 Å². The second-order valence-corrected chi connectivity index (χ2v) is 3.10. The summed E-state index contributed by atoms with van der Waals surface area (Å²) in [6.07, 6.45) is 5.72. The molecule has 0 saturated heterocycles. The van der Waals surface area contributed by atoms with E-state index in [1.54, 1.807) is 6.92 Å². The molecule has 0 unspecified atom stereocenters. The molecule has 0 spiro atoms.